The fourth-order valence-corrected chi connectivity index (χ4v) is 2.87. The summed E-state index contributed by atoms with van der Waals surface area (Å²) in [5.74, 6) is 0.774. The lowest BCUT2D eigenvalue weighted by atomic mass is 9.79. The van der Waals surface area contributed by atoms with Gasteiger partial charge in [-0.2, -0.15) is 0 Å². The predicted octanol–water partition coefficient (Wildman–Crippen LogP) is 5.26. The third-order valence-corrected chi connectivity index (χ3v) is 5.04. The Kier molecular flexibility index (Phi) is 3.75. The molecule has 0 aliphatic heterocycles. The van der Waals surface area contributed by atoms with Crippen molar-refractivity contribution < 1.29 is 4.79 Å². The predicted molar refractivity (Wildman–Crippen MR) is 85.3 cm³/mol. The molecule has 1 nitrogen and oxygen atoms in total. The summed E-state index contributed by atoms with van der Waals surface area (Å²) >= 11 is 3.47. The zero-order chi connectivity index (χ0) is 14.1. The average Bonchev–Trinajstić information content (AvgIpc) is 2.39. The van der Waals surface area contributed by atoms with Gasteiger partial charge in [-0.25, -0.2) is 0 Å². The van der Waals surface area contributed by atoms with Gasteiger partial charge in [-0.3, -0.25) is 4.79 Å². The second kappa shape index (κ2) is 5.53. The van der Waals surface area contributed by atoms with Crippen molar-refractivity contribution in [1.82, 2.24) is 0 Å². The summed E-state index contributed by atoms with van der Waals surface area (Å²) < 4.78 is 1.04. The van der Waals surface area contributed by atoms with Crippen molar-refractivity contribution in [2.75, 3.05) is 0 Å². The standard InChI is InChI=1S/C18H17BrO/c1-12-10-16(8-9-17(12)19)18(20)15-7-3-6-14(11-15)13-4-2-5-13/h3,6-11,13H,2,4-5H2,1H3. The maximum atomic E-state index is 12.6. The van der Waals surface area contributed by atoms with Crippen molar-refractivity contribution >= 4 is 21.7 Å². The van der Waals surface area contributed by atoms with Crippen LogP contribution in [0.2, 0.25) is 0 Å². The summed E-state index contributed by atoms with van der Waals surface area (Å²) in [6.07, 6.45) is 3.83. The third kappa shape index (κ3) is 2.57. The first-order chi connectivity index (χ1) is 9.65. The lowest BCUT2D eigenvalue weighted by molar-refractivity contribution is 0.103. The van der Waals surface area contributed by atoms with Crippen molar-refractivity contribution in [3.8, 4) is 0 Å². The molecule has 0 saturated heterocycles. The van der Waals surface area contributed by atoms with Gasteiger partial charge in [-0.1, -0.05) is 40.5 Å². The highest BCUT2D eigenvalue weighted by molar-refractivity contribution is 9.10. The Balaban J connectivity index is 1.91. The molecule has 1 aliphatic rings. The van der Waals surface area contributed by atoms with Gasteiger partial charge < -0.3 is 0 Å². The normalized spacial score (nSPS) is 14.9. The molecule has 20 heavy (non-hydrogen) atoms. The molecule has 0 spiro atoms. The maximum absolute atomic E-state index is 12.6. The lowest BCUT2D eigenvalue weighted by Gasteiger charge is -2.26. The smallest absolute Gasteiger partial charge is 0.193 e. The SMILES string of the molecule is Cc1cc(C(=O)c2cccc(C3CCC3)c2)ccc1Br. The Hall–Kier alpha value is -1.41. The van der Waals surface area contributed by atoms with Crippen LogP contribution in [0.5, 0.6) is 0 Å². The molecule has 2 aromatic rings. The van der Waals surface area contributed by atoms with E-state index in [1.165, 1.54) is 24.8 Å². The van der Waals surface area contributed by atoms with Crippen molar-refractivity contribution in [2.24, 2.45) is 0 Å². The van der Waals surface area contributed by atoms with E-state index < -0.39 is 0 Å². The van der Waals surface area contributed by atoms with Crippen LogP contribution in [0.3, 0.4) is 0 Å². The topological polar surface area (TPSA) is 17.1 Å². The highest BCUT2D eigenvalue weighted by Gasteiger charge is 2.20. The van der Waals surface area contributed by atoms with Crippen molar-refractivity contribution in [2.45, 2.75) is 32.1 Å². The summed E-state index contributed by atoms with van der Waals surface area (Å²) in [6, 6.07) is 13.9. The number of ketones is 1. The molecule has 1 fully saturated rings. The second-order valence-corrected chi connectivity index (χ2v) is 6.40. The fraction of sp³-hybridized carbons (Fsp3) is 0.278. The Bertz CT molecular complexity index is 656. The van der Waals surface area contributed by atoms with Gasteiger partial charge in [0.2, 0.25) is 0 Å². The minimum Gasteiger partial charge on any atom is -0.289 e. The molecule has 3 rings (SSSR count). The Morgan fingerprint density at radius 2 is 1.85 bits per heavy atom. The van der Waals surface area contributed by atoms with E-state index in [1.807, 2.05) is 37.3 Å². The van der Waals surface area contributed by atoms with Crippen LogP contribution < -0.4 is 0 Å². The molecule has 0 N–H and O–H groups in total. The number of rotatable bonds is 3. The Labute approximate surface area is 128 Å². The van der Waals surface area contributed by atoms with Crippen LogP contribution in [0, 0.1) is 6.92 Å². The van der Waals surface area contributed by atoms with Gasteiger partial charge in [-0.15, -0.1) is 0 Å². The van der Waals surface area contributed by atoms with Crippen LogP contribution in [0.25, 0.3) is 0 Å². The van der Waals surface area contributed by atoms with E-state index in [2.05, 4.69) is 28.1 Å². The number of halogens is 1. The molecule has 0 bridgehead atoms. The molecule has 2 aromatic carbocycles. The molecule has 0 aromatic heterocycles. The van der Waals surface area contributed by atoms with E-state index in [0.29, 0.717) is 5.92 Å². The summed E-state index contributed by atoms with van der Waals surface area (Å²) in [4.78, 5) is 12.6. The van der Waals surface area contributed by atoms with Gasteiger partial charge in [0.1, 0.15) is 0 Å². The van der Waals surface area contributed by atoms with Crippen LogP contribution in [0.1, 0.15) is 52.2 Å². The van der Waals surface area contributed by atoms with Gasteiger partial charge in [0, 0.05) is 15.6 Å². The molecular weight excluding hydrogens is 312 g/mol. The van der Waals surface area contributed by atoms with Gasteiger partial charge >= 0.3 is 0 Å². The van der Waals surface area contributed by atoms with E-state index >= 15 is 0 Å². The largest absolute Gasteiger partial charge is 0.289 e. The van der Waals surface area contributed by atoms with E-state index in [0.717, 1.165) is 21.2 Å². The summed E-state index contributed by atoms with van der Waals surface area (Å²) in [7, 11) is 0. The van der Waals surface area contributed by atoms with E-state index in [4.69, 9.17) is 0 Å². The zero-order valence-corrected chi connectivity index (χ0v) is 13.1. The monoisotopic (exact) mass is 328 g/mol. The molecule has 102 valence electrons. The molecule has 0 radical (unpaired) electrons. The molecule has 2 heteroatoms. The number of carbonyl (C=O) groups is 1. The minimum absolute atomic E-state index is 0.113. The van der Waals surface area contributed by atoms with Gasteiger partial charge in [0.05, 0.1) is 0 Å². The summed E-state index contributed by atoms with van der Waals surface area (Å²) in [5.41, 5.74) is 3.97. The van der Waals surface area contributed by atoms with Crippen molar-refractivity contribution in [3.63, 3.8) is 0 Å². The minimum atomic E-state index is 0.113. The first-order valence-electron chi connectivity index (χ1n) is 7.06. The number of aryl methyl sites for hydroxylation is 1. The number of hydrogen-bond donors (Lipinski definition) is 0. The molecule has 0 atom stereocenters. The molecule has 0 heterocycles. The van der Waals surface area contributed by atoms with E-state index in [1.54, 1.807) is 0 Å². The van der Waals surface area contributed by atoms with Gasteiger partial charge in [0.15, 0.2) is 5.78 Å². The van der Waals surface area contributed by atoms with Crippen LogP contribution in [0.15, 0.2) is 46.9 Å². The zero-order valence-electron chi connectivity index (χ0n) is 11.5. The number of hydrogen-bond acceptors (Lipinski definition) is 1. The maximum Gasteiger partial charge on any atom is 0.193 e. The molecule has 0 unspecified atom stereocenters. The summed E-state index contributed by atoms with van der Waals surface area (Å²) in [6.45, 7) is 2.01. The van der Waals surface area contributed by atoms with Gasteiger partial charge in [0.25, 0.3) is 0 Å². The van der Waals surface area contributed by atoms with Crippen LogP contribution >= 0.6 is 15.9 Å². The highest BCUT2D eigenvalue weighted by Crippen LogP contribution is 2.36. The van der Waals surface area contributed by atoms with E-state index in [-0.39, 0.29) is 5.78 Å². The molecule has 1 aliphatic carbocycles. The van der Waals surface area contributed by atoms with Crippen molar-refractivity contribution in [3.05, 3.63) is 69.2 Å². The lowest BCUT2D eigenvalue weighted by Crippen LogP contribution is -2.10. The Morgan fingerprint density at radius 1 is 1.10 bits per heavy atom. The quantitative estimate of drug-likeness (QED) is 0.702. The van der Waals surface area contributed by atoms with Crippen molar-refractivity contribution in [1.29, 1.82) is 0 Å². The average molecular weight is 329 g/mol. The third-order valence-electron chi connectivity index (χ3n) is 4.15. The van der Waals surface area contributed by atoms with Crippen LogP contribution in [-0.2, 0) is 0 Å². The first-order valence-corrected chi connectivity index (χ1v) is 7.85. The molecule has 1 saturated carbocycles. The second-order valence-electron chi connectivity index (χ2n) is 5.55. The van der Waals surface area contributed by atoms with Crippen LogP contribution in [-0.4, -0.2) is 5.78 Å². The van der Waals surface area contributed by atoms with E-state index in [9.17, 15) is 4.79 Å². The summed E-state index contributed by atoms with van der Waals surface area (Å²) in [5, 5.41) is 0. The highest BCUT2D eigenvalue weighted by atomic mass is 79.9. The fourth-order valence-electron chi connectivity index (χ4n) is 2.63. The van der Waals surface area contributed by atoms with Gasteiger partial charge in [-0.05, 0) is 61.1 Å². The number of benzene rings is 2. The Morgan fingerprint density at radius 3 is 2.50 bits per heavy atom. The first kappa shape index (κ1) is 13.6. The molecular formula is C18H17BrO. The van der Waals surface area contributed by atoms with Crippen LogP contribution in [0.4, 0.5) is 0 Å². The number of carbonyl (C=O) groups excluding carboxylic acids is 1. The molecule has 0 amide bonds.